The molecule has 0 spiro atoms. The smallest absolute Gasteiger partial charge is 0.227 e. The van der Waals surface area contributed by atoms with Crippen LogP contribution in [0, 0.1) is 0 Å². The van der Waals surface area contributed by atoms with Crippen LogP contribution >= 0.6 is 11.3 Å². The molecule has 1 aliphatic rings. The molecule has 14 rings (SSSR count). The van der Waals surface area contributed by atoms with Gasteiger partial charge in [-0.25, -0.2) is 19.9 Å². The Kier molecular flexibility index (Phi) is 8.30. The Morgan fingerprint density at radius 1 is 0.373 bits per heavy atom. The van der Waals surface area contributed by atoms with E-state index in [1.807, 2.05) is 36.4 Å². The van der Waals surface area contributed by atoms with Crippen LogP contribution in [0.2, 0.25) is 0 Å². The quantitative estimate of drug-likeness (QED) is 0.167. The van der Waals surface area contributed by atoms with Crippen molar-refractivity contribution in [3.8, 4) is 56.7 Å². The zero-order valence-electron chi connectivity index (χ0n) is 35.9. The van der Waals surface area contributed by atoms with Crippen molar-refractivity contribution in [3.05, 3.63) is 241 Å². The maximum Gasteiger partial charge on any atom is 0.227 e. The largest absolute Gasteiger partial charge is 0.436 e. The normalized spacial score (nSPS) is 12.9. The molecule has 1 aliphatic carbocycles. The fourth-order valence-electron chi connectivity index (χ4n) is 10.6. The van der Waals surface area contributed by atoms with Crippen LogP contribution in [0.15, 0.2) is 223 Å². The van der Waals surface area contributed by atoms with Crippen molar-refractivity contribution < 1.29 is 4.42 Å². The molecular formula is C61H36N4OS. The molecule has 0 saturated heterocycles. The highest BCUT2D eigenvalue weighted by atomic mass is 32.1. The van der Waals surface area contributed by atoms with E-state index in [4.69, 9.17) is 24.4 Å². The van der Waals surface area contributed by atoms with Gasteiger partial charge in [0.25, 0.3) is 0 Å². The lowest BCUT2D eigenvalue weighted by Crippen LogP contribution is -2.28. The number of oxazole rings is 1. The van der Waals surface area contributed by atoms with Gasteiger partial charge in [0.15, 0.2) is 23.1 Å². The van der Waals surface area contributed by atoms with Gasteiger partial charge in [0.2, 0.25) is 5.89 Å². The van der Waals surface area contributed by atoms with Gasteiger partial charge in [-0.2, -0.15) is 0 Å². The summed E-state index contributed by atoms with van der Waals surface area (Å²) in [4.78, 5) is 21.1. The molecule has 0 amide bonds. The number of rotatable bonds is 6. The molecule has 3 heterocycles. The molecule has 5 nitrogen and oxygen atoms in total. The van der Waals surface area contributed by atoms with Crippen molar-refractivity contribution >= 4 is 64.2 Å². The zero-order chi connectivity index (χ0) is 44.1. The number of nitrogens with zero attached hydrogens (tertiary/aromatic N) is 4. The molecule has 0 aliphatic heterocycles. The van der Waals surface area contributed by atoms with E-state index in [0.29, 0.717) is 23.4 Å². The van der Waals surface area contributed by atoms with Crippen molar-refractivity contribution in [2.45, 2.75) is 5.41 Å². The summed E-state index contributed by atoms with van der Waals surface area (Å²) in [5, 5.41) is 6.77. The number of benzene rings is 10. The summed E-state index contributed by atoms with van der Waals surface area (Å²) in [6.07, 6.45) is 0. The SMILES string of the molecule is c1ccc(-c2nc3c(ccc4sc5ccc6ccc(-c7nc(-c8cccc(C9(c%10ccccc%10)c%10ccccc%10-c%10ccccc%109)c8)nc(-c8ccc9ccccc9c8)n7)cc6c5c43)o2)cc1. The first-order chi connectivity index (χ1) is 33.2. The first-order valence-corrected chi connectivity index (χ1v) is 23.3. The highest BCUT2D eigenvalue weighted by Crippen LogP contribution is 2.56. The maximum atomic E-state index is 6.40. The number of fused-ring (bicyclic) bond motifs is 11. The zero-order valence-corrected chi connectivity index (χ0v) is 36.7. The van der Waals surface area contributed by atoms with Crippen LogP contribution in [0.4, 0.5) is 0 Å². The summed E-state index contributed by atoms with van der Waals surface area (Å²) in [5.41, 5.74) is 12.1. The molecule has 312 valence electrons. The van der Waals surface area contributed by atoms with Crippen molar-refractivity contribution in [3.63, 3.8) is 0 Å². The molecule has 0 fully saturated rings. The monoisotopic (exact) mass is 872 g/mol. The Hall–Kier alpha value is -8.58. The summed E-state index contributed by atoms with van der Waals surface area (Å²) in [5.74, 6) is 2.43. The molecule has 0 N–H and O–H groups in total. The molecule has 0 radical (unpaired) electrons. The molecule has 3 aromatic heterocycles. The van der Waals surface area contributed by atoms with Gasteiger partial charge in [0.1, 0.15) is 5.52 Å². The van der Waals surface area contributed by atoms with E-state index < -0.39 is 5.41 Å². The lowest BCUT2D eigenvalue weighted by atomic mass is 9.67. The van der Waals surface area contributed by atoms with E-state index in [1.54, 1.807) is 11.3 Å². The molecular weight excluding hydrogens is 837 g/mol. The van der Waals surface area contributed by atoms with E-state index in [1.165, 1.54) is 32.5 Å². The molecule has 0 saturated carbocycles. The minimum atomic E-state index is -0.564. The van der Waals surface area contributed by atoms with E-state index >= 15 is 0 Å². The van der Waals surface area contributed by atoms with Gasteiger partial charge in [-0.05, 0) is 103 Å². The standard InChI is InChI=1S/C61H36N4OS/c1-3-15-39(16-4-1)60-62-56-51(66-60)31-33-53-55(56)54-48-36-43(29-27-38(48)30-32-52(54)67-53)59-64-57(63-58(65-59)42-28-26-37-14-7-8-17-40(37)34-42)41-18-13-21-45(35-41)61(44-19-5-2-6-20-44)49-24-11-9-22-46(49)47-23-10-12-25-50(47)61/h1-36H. The molecule has 13 aromatic rings. The summed E-state index contributed by atoms with van der Waals surface area (Å²) < 4.78 is 8.74. The molecule has 0 bridgehead atoms. The predicted octanol–water partition coefficient (Wildman–Crippen LogP) is 15.7. The Bertz CT molecular complexity index is 4070. The summed E-state index contributed by atoms with van der Waals surface area (Å²) in [6, 6.07) is 77.6. The van der Waals surface area contributed by atoms with E-state index in [9.17, 15) is 0 Å². The Morgan fingerprint density at radius 3 is 1.67 bits per heavy atom. The topological polar surface area (TPSA) is 64.7 Å². The van der Waals surface area contributed by atoms with Crippen molar-refractivity contribution in [1.29, 1.82) is 0 Å². The molecule has 67 heavy (non-hydrogen) atoms. The highest BCUT2D eigenvalue weighted by molar-refractivity contribution is 7.26. The molecule has 10 aromatic carbocycles. The summed E-state index contributed by atoms with van der Waals surface area (Å²) >= 11 is 1.78. The van der Waals surface area contributed by atoms with Gasteiger partial charge in [-0.3, -0.25) is 0 Å². The predicted molar refractivity (Wildman–Crippen MR) is 274 cm³/mol. The van der Waals surface area contributed by atoms with Gasteiger partial charge in [-0.1, -0.05) is 170 Å². The highest BCUT2D eigenvalue weighted by Gasteiger charge is 2.46. The summed E-state index contributed by atoms with van der Waals surface area (Å²) in [7, 11) is 0. The van der Waals surface area contributed by atoms with Gasteiger partial charge in [0.05, 0.1) is 5.41 Å². The van der Waals surface area contributed by atoms with Gasteiger partial charge in [0, 0.05) is 42.4 Å². The maximum absolute atomic E-state index is 6.40. The van der Waals surface area contributed by atoms with Crippen LogP contribution in [0.3, 0.4) is 0 Å². The van der Waals surface area contributed by atoms with Crippen LogP contribution in [0.5, 0.6) is 0 Å². The Labute approximate surface area is 389 Å². The van der Waals surface area contributed by atoms with E-state index in [-0.39, 0.29) is 0 Å². The second-order valence-corrected chi connectivity index (χ2v) is 18.4. The lowest BCUT2D eigenvalue weighted by Gasteiger charge is -2.34. The Morgan fingerprint density at radius 2 is 0.925 bits per heavy atom. The number of hydrogen-bond acceptors (Lipinski definition) is 6. The molecule has 0 unspecified atom stereocenters. The second kappa shape index (κ2) is 14.7. The first-order valence-electron chi connectivity index (χ1n) is 22.5. The lowest BCUT2D eigenvalue weighted by molar-refractivity contribution is 0.620. The number of aromatic nitrogens is 4. The van der Waals surface area contributed by atoms with Gasteiger partial charge in [-0.15, -0.1) is 11.3 Å². The van der Waals surface area contributed by atoms with E-state index in [2.05, 4.69) is 182 Å². The third-order valence-electron chi connectivity index (χ3n) is 13.6. The minimum Gasteiger partial charge on any atom is -0.436 e. The van der Waals surface area contributed by atoms with Crippen molar-refractivity contribution in [2.24, 2.45) is 0 Å². The van der Waals surface area contributed by atoms with Crippen LogP contribution in [0.1, 0.15) is 22.3 Å². The third-order valence-corrected chi connectivity index (χ3v) is 14.7. The second-order valence-electron chi connectivity index (χ2n) is 17.3. The van der Waals surface area contributed by atoms with Crippen LogP contribution in [-0.2, 0) is 5.41 Å². The minimum absolute atomic E-state index is 0.564. The van der Waals surface area contributed by atoms with Crippen molar-refractivity contribution in [1.82, 2.24) is 19.9 Å². The van der Waals surface area contributed by atoms with E-state index in [0.717, 1.165) is 75.9 Å². The molecule has 0 atom stereocenters. The van der Waals surface area contributed by atoms with Crippen molar-refractivity contribution in [2.75, 3.05) is 0 Å². The fraction of sp³-hybridized carbons (Fsp3) is 0.0164. The van der Waals surface area contributed by atoms with Crippen LogP contribution < -0.4 is 0 Å². The Balaban J connectivity index is 0.989. The van der Waals surface area contributed by atoms with Crippen LogP contribution in [-0.4, -0.2) is 19.9 Å². The summed E-state index contributed by atoms with van der Waals surface area (Å²) in [6.45, 7) is 0. The first kappa shape index (κ1) is 37.8. The third kappa shape index (κ3) is 5.80. The number of hydrogen-bond donors (Lipinski definition) is 0. The fourth-order valence-corrected chi connectivity index (χ4v) is 11.7. The van der Waals surface area contributed by atoms with Gasteiger partial charge >= 0.3 is 0 Å². The average molecular weight is 873 g/mol. The number of thiophene rings is 1. The average Bonchev–Trinajstić information content (AvgIpc) is 4.10. The molecule has 6 heteroatoms. The van der Waals surface area contributed by atoms with Gasteiger partial charge < -0.3 is 4.42 Å². The van der Waals surface area contributed by atoms with Crippen LogP contribution in [0.25, 0.3) is 110 Å².